The average molecular weight is 700 g/mol. The lowest BCUT2D eigenvalue weighted by atomic mass is 9.86. The number of carbonyl (C=O) groups is 1. The van der Waals surface area contributed by atoms with Crippen LogP contribution in [0.15, 0.2) is 67.0 Å². The van der Waals surface area contributed by atoms with Crippen molar-refractivity contribution >= 4 is 17.3 Å². The van der Waals surface area contributed by atoms with E-state index >= 15 is 0 Å². The molecule has 13 nitrogen and oxygen atoms in total. The molecule has 0 aliphatic carbocycles. The van der Waals surface area contributed by atoms with Gasteiger partial charge in [0.15, 0.2) is 11.6 Å². The lowest BCUT2D eigenvalue weighted by Gasteiger charge is -2.40. The van der Waals surface area contributed by atoms with Crippen LogP contribution in [0.25, 0.3) is 11.4 Å². The Hall–Kier alpha value is -4.72. The third-order valence-electron chi connectivity index (χ3n) is 9.33. The van der Waals surface area contributed by atoms with Crippen LogP contribution in [0.4, 0.5) is 11.4 Å². The number of rotatable bonds is 19. The molecule has 4 N–H and O–H groups in total. The van der Waals surface area contributed by atoms with Crippen molar-refractivity contribution < 1.29 is 28.8 Å². The van der Waals surface area contributed by atoms with E-state index in [-0.39, 0.29) is 18.2 Å². The maximum absolute atomic E-state index is 10.5. The summed E-state index contributed by atoms with van der Waals surface area (Å²) < 4.78 is 22.8. The zero-order valence-electron chi connectivity index (χ0n) is 29.3. The number of nitrogens with zero attached hydrogens (tertiary/aromatic N) is 4. The topological polar surface area (TPSA) is 156 Å². The van der Waals surface area contributed by atoms with E-state index in [1.54, 1.807) is 12.4 Å². The number of piperidine rings is 1. The van der Waals surface area contributed by atoms with Gasteiger partial charge in [-0.2, -0.15) is 5.10 Å². The van der Waals surface area contributed by atoms with Crippen LogP contribution in [-0.4, -0.2) is 95.9 Å². The number of fused-ring (bicyclic) bond motifs is 1. The SMILES string of the molecule is CN1CCC(Nc2cccc(N[C@@H]3CCOc4ccc(OCCCCCOCCCOCC(=O)O)cc43)c2)(c2nc(-c3ccncc3)n[nH]2)CC1. The Balaban J connectivity index is 1.02. The summed E-state index contributed by atoms with van der Waals surface area (Å²) in [5, 5.41) is 24.1. The standard InChI is InChI=1S/C38H49N7O6/c1-45-18-14-38(15-19-45,37-41-36(43-44-37)28-11-16-39-17-12-28)42-30-8-5-7-29(25-30)40-33-13-24-51-34-10-9-31(26-32(33)34)50-23-4-2-3-20-48-21-6-22-49-27-35(46)47/h5,7-12,16-17,25-26,33,40,42H,2-4,6,13-15,18-24,27H2,1H3,(H,46,47)(H,41,43,44)/t33-/m1/s1. The summed E-state index contributed by atoms with van der Waals surface area (Å²) in [6.07, 6.45) is 9.70. The molecule has 0 amide bonds. The molecule has 272 valence electrons. The van der Waals surface area contributed by atoms with Crippen LogP contribution in [0.1, 0.15) is 62.4 Å². The largest absolute Gasteiger partial charge is 0.494 e. The minimum absolute atomic E-state index is 0.0775. The molecular formula is C38H49N7O6. The zero-order valence-corrected chi connectivity index (χ0v) is 29.3. The number of anilines is 2. The van der Waals surface area contributed by atoms with Gasteiger partial charge in [-0.15, -0.1) is 0 Å². The van der Waals surface area contributed by atoms with Crippen LogP contribution in [0.3, 0.4) is 0 Å². The van der Waals surface area contributed by atoms with Gasteiger partial charge in [-0.1, -0.05) is 6.07 Å². The molecule has 0 bridgehead atoms. The van der Waals surface area contributed by atoms with Crippen molar-refractivity contribution in [3.05, 3.63) is 78.4 Å². The van der Waals surface area contributed by atoms with E-state index in [1.165, 1.54) is 0 Å². The smallest absolute Gasteiger partial charge is 0.329 e. The maximum Gasteiger partial charge on any atom is 0.329 e. The Bertz CT molecular complexity index is 1680. The summed E-state index contributed by atoms with van der Waals surface area (Å²) >= 11 is 0. The molecule has 2 aliphatic heterocycles. The molecule has 4 aromatic rings. The van der Waals surface area contributed by atoms with Crippen LogP contribution in [0, 0.1) is 0 Å². The molecule has 13 heteroatoms. The minimum Gasteiger partial charge on any atom is -0.494 e. The fourth-order valence-electron chi connectivity index (χ4n) is 6.50. The molecule has 0 radical (unpaired) electrons. The number of nitrogens with one attached hydrogen (secondary N) is 3. The van der Waals surface area contributed by atoms with E-state index in [1.807, 2.05) is 24.3 Å². The van der Waals surface area contributed by atoms with Gasteiger partial charge in [-0.05, 0) is 94.1 Å². The quantitative estimate of drug-likeness (QED) is 0.0862. The number of hydrogen-bond donors (Lipinski definition) is 4. The molecule has 2 aliphatic rings. The first-order valence-corrected chi connectivity index (χ1v) is 17.9. The van der Waals surface area contributed by atoms with Crippen LogP contribution in [-0.2, 0) is 19.8 Å². The summed E-state index contributed by atoms with van der Waals surface area (Å²) in [7, 11) is 2.16. The third kappa shape index (κ3) is 10.2. The van der Waals surface area contributed by atoms with Gasteiger partial charge in [0.05, 0.1) is 24.8 Å². The number of H-pyrrole nitrogens is 1. The van der Waals surface area contributed by atoms with Crippen molar-refractivity contribution in [3.63, 3.8) is 0 Å². The second-order valence-corrected chi connectivity index (χ2v) is 13.2. The van der Waals surface area contributed by atoms with Crippen molar-refractivity contribution in [1.82, 2.24) is 25.1 Å². The Morgan fingerprint density at radius 1 is 0.980 bits per heavy atom. The van der Waals surface area contributed by atoms with Gasteiger partial charge in [0.2, 0.25) is 0 Å². The van der Waals surface area contributed by atoms with Crippen molar-refractivity contribution in [3.8, 4) is 22.9 Å². The Labute approximate surface area is 299 Å². The summed E-state index contributed by atoms with van der Waals surface area (Å²) in [5.41, 5.74) is 3.69. The van der Waals surface area contributed by atoms with Crippen molar-refractivity contribution in [2.45, 2.75) is 56.5 Å². The molecule has 4 heterocycles. The summed E-state index contributed by atoms with van der Waals surface area (Å²) in [5.74, 6) is 2.28. The number of carboxylic acid groups (broad SMARTS) is 1. The lowest BCUT2D eigenvalue weighted by molar-refractivity contribution is -0.142. The summed E-state index contributed by atoms with van der Waals surface area (Å²) in [6.45, 7) is 4.53. The van der Waals surface area contributed by atoms with Crippen molar-refractivity contribution in [2.24, 2.45) is 0 Å². The molecular weight excluding hydrogens is 650 g/mol. The number of aromatic nitrogens is 4. The highest BCUT2D eigenvalue weighted by Gasteiger charge is 2.39. The van der Waals surface area contributed by atoms with E-state index in [4.69, 9.17) is 29.0 Å². The third-order valence-corrected chi connectivity index (χ3v) is 9.33. The Morgan fingerprint density at radius 2 is 1.76 bits per heavy atom. The molecule has 1 fully saturated rings. The van der Waals surface area contributed by atoms with Crippen LogP contribution < -0.4 is 20.1 Å². The van der Waals surface area contributed by atoms with Gasteiger partial charge in [-0.3, -0.25) is 10.1 Å². The number of aromatic amines is 1. The number of likely N-dealkylation sites (tertiary alicyclic amines) is 1. The van der Waals surface area contributed by atoms with Crippen molar-refractivity contribution in [2.75, 3.05) is 70.4 Å². The highest BCUT2D eigenvalue weighted by Crippen LogP contribution is 2.39. The highest BCUT2D eigenvalue weighted by atomic mass is 16.5. The summed E-state index contributed by atoms with van der Waals surface area (Å²) in [6, 6.07) is 18.5. The van der Waals surface area contributed by atoms with E-state index in [0.717, 1.165) is 91.4 Å². The number of benzene rings is 2. The molecule has 1 saturated heterocycles. The first-order chi connectivity index (χ1) is 25.0. The van der Waals surface area contributed by atoms with Gasteiger partial charge in [0, 0.05) is 74.2 Å². The van der Waals surface area contributed by atoms with Gasteiger partial charge in [0.25, 0.3) is 0 Å². The number of hydrogen-bond acceptors (Lipinski definition) is 11. The molecule has 0 spiro atoms. The predicted octanol–water partition coefficient (Wildman–Crippen LogP) is 5.89. The number of carboxylic acids is 1. The number of ether oxygens (including phenoxy) is 4. The van der Waals surface area contributed by atoms with Crippen molar-refractivity contribution in [1.29, 1.82) is 0 Å². The van der Waals surface area contributed by atoms with Gasteiger partial charge in [0.1, 0.15) is 18.1 Å². The zero-order chi connectivity index (χ0) is 35.3. The Kier molecular flexibility index (Phi) is 12.7. The molecule has 0 saturated carbocycles. The second kappa shape index (κ2) is 18.0. The first kappa shape index (κ1) is 36.1. The normalized spacial score (nSPS) is 16.9. The Morgan fingerprint density at radius 3 is 2.61 bits per heavy atom. The van der Waals surface area contributed by atoms with Crippen LogP contribution >= 0.6 is 0 Å². The average Bonchev–Trinajstić information content (AvgIpc) is 3.65. The number of pyridine rings is 1. The maximum atomic E-state index is 10.5. The molecule has 6 rings (SSSR count). The molecule has 0 unspecified atom stereocenters. The molecule has 51 heavy (non-hydrogen) atoms. The van der Waals surface area contributed by atoms with Crippen LogP contribution in [0.5, 0.6) is 11.5 Å². The number of aliphatic carboxylic acids is 1. The predicted molar refractivity (Wildman–Crippen MR) is 194 cm³/mol. The van der Waals surface area contributed by atoms with E-state index < -0.39 is 5.97 Å². The first-order valence-electron chi connectivity index (χ1n) is 17.9. The van der Waals surface area contributed by atoms with E-state index in [9.17, 15) is 4.79 Å². The fraction of sp³-hybridized carbons (Fsp3) is 0.474. The van der Waals surface area contributed by atoms with E-state index in [0.29, 0.717) is 45.3 Å². The second-order valence-electron chi connectivity index (χ2n) is 13.2. The number of unbranched alkanes of at least 4 members (excludes halogenated alkanes) is 2. The van der Waals surface area contributed by atoms with E-state index in [2.05, 4.69) is 68.1 Å². The monoisotopic (exact) mass is 699 g/mol. The summed E-state index contributed by atoms with van der Waals surface area (Å²) in [4.78, 5) is 21.9. The van der Waals surface area contributed by atoms with Gasteiger partial charge < -0.3 is 39.6 Å². The molecule has 1 atom stereocenters. The molecule has 2 aromatic heterocycles. The van der Waals surface area contributed by atoms with Crippen LogP contribution in [0.2, 0.25) is 0 Å². The highest BCUT2D eigenvalue weighted by molar-refractivity contribution is 5.68. The van der Waals surface area contributed by atoms with Gasteiger partial charge in [-0.25, -0.2) is 9.78 Å². The lowest BCUT2D eigenvalue weighted by Crippen LogP contribution is -2.46. The fourth-order valence-corrected chi connectivity index (χ4v) is 6.50. The minimum atomic E-state index is -0.953. The molecule has 2 aromatic carbocycles. The van der Waals surface area contributed by atoms with Gasteiger partial charge >= 0.3 is 5.97 Å².